The van der Waals surface area contributed by atoms with Gasteiger partial charge in [0.2, 0.25) is 0 Å². The quantitative estimate of drug-likeness (QED) is 0.226. The molecule has 0 aliphatic rings. The fraction of sp³-hybridized carbons (Fsp3) is 0.667. The van der Waals surface area contributed by atoms with Crippen LogP contribution in [0.25, 0.3) is 0 Å². The van der Waals surface area contributed by atoms with E-state index >= 15 is 0 Å². The molecule has 1 unspecified atom stereocenters. The van der Waals surface area contributed by atoms with Gasteiger partial charge in [-0.25, -0.2) is 0 Å². The van der Waals surface area contributed by atoms with E-state index in [4.69, 9.17) is 5.11 Å². The van der Waals surface area contributed by atoms with Crippen LogP contribution in [0, 0.1) is 0 Å². The highest BCUT2D eigenvalue weighted by atomic mass is 16.4. The second kappa shape index (κ2) is 15.2. The number of aliphatic hydroxyl groups is 1. The summed E-state index contributed by atoms with van der Waals surface area (Å²) >= 11 is 0. The van der Waals surface area contributed by atoms with E-state index in [0.29, 0.717) is 6.42 Å². The van der Waals surface area contributed by atoms with Crippen molar-refractivity contribution in [2.45, 2.75) is 90.1 Å². The number of carboxylic acid groups (broad SMARTS) is 1. The summed E-state index contributed by atoms with van der Waals surface area (Å²) in [6.45, 7) is 4.05. The fourth-order valence-corrected chi connectivity index (χ4v) is 2.37. The number of allylic oxidation sites excluding steroid dienone is 5. The molecule has 0 aromatic heterocycles. The minimum atomic E-state index is -0.714. The van der Waals surface area contributed by atoms with Crippen LogP contribution in [0.5, 0.6) is 0 Å². The van der Waals surface area contributed by atoms with Crippen molar-refractivity contribution in [3.05, 3.63) is 36.5 Å². The van der Waals surface area contributed by atoms with Gasteiger partial charge in [-0.3, -0.25) is 4.79 Å². The van der Waals surface area contributed by atoms with Crippen LogP contribution in [0.2, 0.25) is 0 Å². The number of carbonyl (C=O) groups is 1. The molecule has 0 saturated heterocycles. The minimum Gasteiger partial charge on any atom is -0.481 e. The molecule has 0 saturated carbocycles. The predicted molar refractivity (Wildman–Crippen MR) is 102 cm³/mol. The second-order valence-electron chi connectivity index (χ2n) is 6.70. The van der Waals surface area contributed by atoms with Crippen LogP contribution in [0.3, 0.4) is 0 Å². The Hall–Kier alpha value is -1.35. The van der Waals surface area contributed by atoms with Gasteiger partial charge < -0.3 is 10.2 Å². The molecule has 1 atom stereocenters. The first kappa shape index (κ1) is 22.6. The van der Waals surface area contributed by atoms with E-state index in [1.165, 1.54) is 0 Å². The molecule has 0 amide bonds. The highest BCUT2D eigenvalue weighted by Crippen LogP contribution is 2.18. The van der Waals surface area contributed by atoms with Crippen molar-refractivity contribution < 1.29 is 15.0 Å². The fourth-order valence-electron chi connectivity index (χ4n) is 2.37. The first-order valence-electron chi connectivity index (χ1n) is 9.39. The molecule has 3 heteroatoms. The average molecular weight is 337 g/mol. The summed E-state index contributed by atoms with van der Waals surface area (Å²) in [6.07, 6.45) is 22.7. The monoisotopic (exact) mass is 336 g/mol. The molecule has 0 radical (unpaired) electrons. The third-order valence-electron chi connectivity index (χ3n) is 3.93. The number of carboxylic acids is 1. The van der Waals surface area contributed by atoms with E-state index in [1.807, 2.05) is 19.1 Å². The first-order valence-corrected chi connectivity index (χ1v) is 9.39. The van der Waals surface area contributed by atoms with Gasteiger partial charge in [-0.2, -0.15) is 0 Å². The van der Waals surface area contributed by atoms with E-state index in [9.17, 15) is 9.90 Å². The summed E-state index contributed by atoms with van der Waals surface area (Å²) in [7, 11) is 0. The van der Waals surface area contributed by atoms with E-state index in [1.54, 1.807) is 0 Å². The van der Waals surface area contributed by atoms with Crippen LogP contribution in [-0.4, -0.2) is 21.8 Å². The van der Waals surface area contributed by atoms with Crippen molar-refractivity contribution in [1.82, 2.24) is 0 Å². The molecule has 0 spiro atoms. The summed E-state index contributed by atoms with van der Waals surface area (Å²) < 4.78 is 0. The molecule has 24 heavy (non-hydrogen) atoms. The van der Waals surface area contributed by atoms with Crippen molar-refractivity contribution in [2.75, 3.05) is 0 Å². The van der Waals surface area contributed by atoms with Crippen molar-refractivity contribution in [3.63, 3.8) is 0 Å². The lowest BCUT2D eigenvalue weighted by Gasteiger charge is -2.20. The van der Waals surface area contributed by atoms with Gasteiger partial charge >= 0.3 is 5.97 Å². The van der Waals surface area contributed by atoms with Gasteiger partial charge in [0.25, 0.3) is 0 Å². The summed E-state index contributed by atoms with van der Waals surface area (Å²) in [5, 5.41) is 18.7. The highest BCUT2D eigenvalue weighted by molar-refractivity contribution is 5.66. The van der Waals surface area contributed by atoms with Gasteiger partial charge in [0.15, 0.2) is 0 Å². The zero-order valence-corrected chi connectivity index (χ0v) is 15.5. The first-order chi connectivity index (χ1) is 11.5. The molecule has 3 nitrogen and oxygen atoms in total. The summed E-state index contributed by atoms with van der Waals surface area (Å²) in [6, 6.07) is 0. The molecular formula is C21H36O3. The molecule has 0 heterocycles. The van der Waals surface area contributed by atoms with Gasteiger partial charge in [-0.15, -0.1) is 0 Å². The van der Waals surface area contributed by atoms with Crippen molar-refractivity contribution in [2.24, 2.45) is 0 Å². The normalized spacial score (nSPS) is 14.8. The molecule has 138 valence electrons. The number of aliphatic carboxylic acids is 1. The van der Waals surface area contributed by atoms with E-state index < -0.39 is 11.6 Å². The molecule has 0 aliphatic carbocycles. The molecule has 0 aromatic rings. The third kappa shape index (κ3) is 17.0. The lowest BCUT2D eigenvalue weighted by atomic mass is 9.95. The van der Waals surface area contributed by atoms with Crippen LogP contribution in [0.15, 0.2) is 36.5 Å². The van der Waals surface area contributed by atoms with Crippen molar-refractivity contribution in [3.8, 4) is 0 Å². The maximum absolute atomic E-state index is 10.3. The lowest BCUT2D eigenvalue weighted by molar-refractivity contribution is -0.137. The molecule has 2 N–H and O–H groups in total. The topological polar surface area (TPSA) is 57.5 Å². The molecule has 0 rings (SSSR count). The molecule has 0 bridgehead atoms. The number of hydrogen-bond donors (Lipinski definition) is 2. The Bertz CT molecular complexity index is 392. The Morgan fingerprint density at radius 3 is 2.12 bits per heavy atom. The maximum Gasteiger partial charge on any atom is 0.303 e. The Morgan fingerprint density at radius 1 is 0.917 bits per heavy atom. The van der Waals surface area contributed by atoms with Gasteiger partial charge in [0.05, 0.1) is 5.60 Å². The van der Waals surface area contributed by atoms with Crippen LogP contribution in [0.1, 0.15) is 84.5 Å². The number of rotatable bonds is 15. The van der Waals surface area contributed by atoms with Gasteiger partial charge in [0, 0.05) is 6.42 Å². The van der Waals surface area contributed by atoms with E-state index in [-0.39, 0.29) is 6.42 Å². The molecule has 0 aliphatic heterocycles. The Balaban J connectivity index is 3.54. The summed E-state index contributed by atoms with van der Waals surface area (Å²) in [4.78, 5) is 10.3. The zero-order chi connectivity index (χ0) is 18.1. The minimum absolute atomic E-state index is 0.261. The van der Waals surface area contributed by atoms with Gasteiger partial charge in [0.1, 0.15) is 0 Å². The van der Waals surface area contributed by atoms with Crippen LogP contribution in [0.4, 0.5) is 0 Å². The smallest absolute Gasteiger partial charge is 0.303 e. The van der Waals surface area contributed by atoms with Gasteiger partial charge in [-0.1, -0.05) is 56.2 Å². The Morgan fingerprint density at radius 2 is 1.50 bits per heavy atom. The van der Waals surface area contributed by atoms with Crippen molar-refractivity contribution >= 4 is 5.97 Å². The largest absolute Gasteiger partial charge is 0.481 e. The van der Waals surface area contributed by atoms with Crippen LogP contribution >= 0.6 is 0 Å². The SMILES string of the molecule is CCCCC(C)(O)C/C=C/C=C\CCCC/C=C\CCCC(=O)O. The third-order valence-corrected chi connectivity index (χ3v) is 3.93. The van der Waals surface area contributed by atoms with Crippen molar-refractivity contribution in [1.29, 1.82) is 0 Å². The Labute approximate surface area is 148 Å². The average Bonchev–Trinajstić information content (AvgIpc) is 2.53. The molecule has 0 aromatic carbocycles. The number of hydrogen-bond acceptors (Lipinski definition) is 2. The highest BCUT2D eigenvalue weighted by Gasteiger charge is 2.16. The summed E-state index contributed by atoms with van der Waals surface area (Å²) in [5.41, 5.74) is -0.572. The van der Waals surface area contributed by atoms with E-state index in [2.05, 4.69) is 31.2 Å². The lowest BCUT2D eigenvalue weighted by Crippen LogP contribution is -2.22. The zero-order valence-electron chi connectivity index (χ0n) is 15.5. The maximum atomic E-state index is 10.3. The number of unbranched alkanes of at least 4 members (excludes halogenated alkanes) is 5. The van der Waals surface area contributed by atoms with Gasteiger partial charge in [-0.05, 0) is 58.3 Å². The predicted octanol–water partition coefficient (Wildman–Crippen LogP) is 5.80. The Kier molecular flexibility index (Phi) is 14.3. The van der Waals surface area contributed by atoms with Crippen LogP contribution < -0.4 is 0 Å². The summed E-state index contributed by atoms with van der Waals surface area (Å²) in [5.74, 6) is -0.714. The molecule has 0 fully saturated rings. The van der Waals surface area contributed by atoms with Crippen LogP contribution in [-0.2, 0) is 4.79 Å². The second-order valence-corrected chi connectivity index (χ2v) is 6.70. The molecular weight excluding hydrogens is 300 g/mol. The van der Waals surface area contributed by atoms with E-state index in [0.717, 1.165) is 57.8 Å². The standard InChI is InChI=1S/C21H36O3/c1-3-4-18-21(2,24)19-16-14-12-10-8-6-5-7-9-11-13-15-17-20(22)23/h9-12,14,16,24H,3-8,13,15,17-19H2,1-2H3,(H,22,23)/b11-9-,12-10-,16-14+.